The third-order valence-corrected chi connectivity index (χ3v) is 4.32. The summed E-state index contributed by atoms with van der Waals surface area (Å²) in [6.07, 6.45) is 2.40. The second-order valence-electron chi connectivity index (χ2n) is 6.01. The molecule has 0 unspecified atom stereocenters. The second-order valence-corrected chi connectivity index (χ2v) is 6.01. The molecule has 126 valence electrons. The van der Waals surface area contributed by atoms with Crippen LogP contribution >= 0.6 is 0 Å². The van der Waals surface area contributed by atoms with Crippen molar-refractivity contribution in [2.24, 2.45) is 0 Å². The number of nitrogens with one attached hydrogen (secondary N) is 2. The highest BCUT2D eigenvalue weighted by Crippen LogP contribution is 2.24. The summed E-state index contributed by atoms with van der Waals surface area (Å²) in [6, 6.07) is 15.9. The van der Waals surface area contributed by atoms with E-state index in [-0.39, 0.29) is 17.9 Å². The summed E-state index contributed by atoms with van der Waals surface area (Å²) in [5.41, 5.74) is 1.79. The molecule has 2 N–H and O–H groups in total. The lowest BCUT2D eigenvalue weighted by Crippen LogP contribution is -2.38. The number of carbonyl (C=O) groups excluding carboxylic acids is 1. The van der Waals surface area contributed by atoms with Crippen LogP contribution in [0.5, 0.6) is 0 Å². The van der Waals surface area contributed by atoms with Crippen molar-refractivity contribution < 1.29 is 9.18 Å². The fourth-order valence-corrected chi connectivity index (χ4v) is 3.08. The molecule has 4 nitrogen and oxygen atoms in total. The monoisotopic (exact) mass is 327 g/mol. The Morgan fingerprint density at radius 2 is 1.71 bits per heavy atom. The lowest BCUT2D eigenvalue weighted by molar-refractivity contribution is 0.227. The molecule has 3 rings (SSSR count). The number of halogens is 1. The number of hydrogen-bond acceptors (Lipinski definition) is 2. The molecule has 0 bridgehead atoms. The van der Waals surface area contributed by atoms with Crippen LogP contribution in [0.4, 0.5) is 14.9 Å². The molecule has 2 aromatic carbocycles. The van der Waals surface area contributed by atoms with Gasteiger partial charge in [0.15, 0.2) is 0 Å². The van der Waals surface area contributed by atoms with Gasteiger partial charge < -0.3 is 10.6 Å². The number of benzene rings is 2. The quantitative estimate of drug-likeness (QED) is 0.878. The first-order valence-electron chi connectivity index (χ1n) is 8.32. The molecule has 0 aromatic heterocycles. The predicted octanol–water partition coefficient (Wildman–Crippen LogP) is 3.78. The zero-order valence-corrected chi connectivity index (χ0v) is 13.5. The van der Waals surface area contributed by atoms with Crippen molar-refractivity contribution in [1.29, 1.82) is 0 Å². The molecule has 1 aliphatic heterocycles. The molecule has 1 atom stereocenters. The summed E-state index contributed by atoms with van der Waals surface area (Å²) in [7, 11) is 0. The third-order valence-electron chi connectivity index (χ3n) is 4.32. The number of amides is 2. The zero-order valence-electron chi connectivity index (χ0n) is 13.5. The average molecular weight is 327 g/mol. The van der Waals surface area contributed by atoms with Crippen LogP contribution in [0.3, 0.4) is 0 Å². The number of anilines is 1. The summed E-state index contributed by atoms with van der Waals surface area (Å²) in [4.78, 5) is 14.5. The SMILES string of the molecule is O=C(NC[C@H](c1ccccc1)N1CCCC1)Nc1ccc(F)cc1. The second kappa shape index (κ2) is 7.93. The Kier molecular flexibility index (Phi) is 5.43. The lowest BCUT2D eigenvalue weighted by Gasteiger charge is -2.28. The first kappa shape index (κ1) is 16.5. The Morgan fingerprint density at radius 1 is 1.04 bits per heavy atom. The molecule has 1 saturated heterocycles. The molecule has 2 aromatic rings. The maximum atomic E-state index is 12.9. The van der Waals surface area contributed by atoms with E-state index in [1.165, 1.54) is 30.5 Å². The minimum absolute atomic E-state index is 0.174. The van der Waals surface area contributed by atoms with Crippen molar-refractivity contribution >= 4 is 11.7 Å². The van der Waals surface area contributed by atoms with E-state index in [0.717, 1.165) is 13.1 Å². The van der Waals surface area contributed by atoms with Crippen molar-refractivity contribution in [3.63, 3.8) is 0 Å². The summed E-state index contributed by atoms with van der Waals surface area (Å²) in [6.45, 7) is 2.65. The Labute approximate surface area is 141 Å². The molecule has 1 fully saturated rings. The van der Waals surface area contributed by atoms with Gasteiger partial charge in [0, 0.05) is 12.2 Å². The van der Waals surface area contributed by atoms with Gasteiger partial charge in [-0.15, -0.1) is 0 Å². The number of urea groups is 1. The molecule has 0 radical (unpaired) electrons. The van der Waals surface area contributed by atoms with Crippen molar-refractivity contribution in [2.75, 3.05) is 25.0 Å². The molecular weight excluding hydrogens is 305 g/mol. The fraction of sp³-hybridized carbons (Fsp3) is 0.316. The zero-order chi connectivity index (χ0) is 16.8. The van der Waals surface area contributed by atoms with E-state index in [1.807, 2.05) is 18.2 Å². The molecule has 0 saturated carbocycles. The van der Waals surface area contributed by atoms with Crippen LogP contribution in [-0.2, 0) is 0 Å². The van der Waals surface area contributed by atoms with E-state index in [0.29, 0.717) is 12.2 Å². The molecular formula is C19H22FN3O. The average Bonchev–Trinajstić information content (AvgIpc) is 3.12. The largest absolute Gasteiger partial charge is 0.336 e. The van der Waals surface area contributed by atoms with Gasteiger partial charge in [-0.1, -0.05) is 30.3 Å². The van der Waals surface area contributed by atoms with Crippen LogP contribution in [0.1, 0.15) is 24.4 Å². The lowest BCUT2D eigenvalue weighted by atomic mass is 10.1. The van der Waals surface area contributed by atoms with E-state index >= 15 is 0 Å². The summed E-state index contributed by atoms with van der Waals surface area (Å²) >= 11 is 0. The highest BCUT2D eigenvalue weighted by Gasteiger charge is 2.23. The fourth-order valence-electron chi connectivity index (χ4n) is 3.08. The van der Waals surface area contributed by atoms with Crippen molar-refractivity contribution in [2.45, 2.75) is 18.9 Å². The van der Waals surface area contributed by atoms with Crippen molar-refractivity contribution in [1.82, 2.24) is 10.2 Å². The van der Waals surface area contributed by atoms with Gasteiger partial charge >= 0.3 is 6.03 Å². The van der Waals surface area contributed by atoms with Gasteiger partial charge in [0.1, 0.15) is 5.82 Å². The van der Waals surface area contributed by atoms with Crippen molar-refractivity contribution in [3.8, 4) is 0 Å². The Balaban J connectivity index is 1.60. The van der Waals surface area contributed by atoms with Crippen LogP contribution in [0.2, 0.25) is 0 Å². The van der Waals surface area contributed by atoms with Gasteiger partial charge in [0.25, 0.3) is 0 Å². The number of rotatable bonds is 5. The maximum absolute atomic E-state index is 12.9. The van der Waals surface area contributed by atoms with Gasteiger partial charge in [0.2, 0.25) is 0 Å². The van der Waals surface area contributed by atoms with Crippen LogP contribution in [0.25, 0.3) is 0 Å². The van der Waals surface area contributed by atoms with Gasteiger partial charge in [-0.25, -0.2) is 9.18 Å². The first-order chi connectivity index (χ1) is 11.7. The van der Waals surface area contributed by atoms with Gasteiger partial charge in [-0.2, -0.15) is 0 Å². The standard InChI is InChI=1S/C19H22FN3O/c20-16-8-10-17(11-9-16)22-19(24)21-14-18(23-12-4-5-13-23)15-6-2-1-3-7-15/h1-3,6-11,18H,4-5,12-14H2,(H2,21,22,24)/t18-/m1/s1. The van der Waals surface area contributed by atoms with Gasteiger partial charge in [-0.05, 0) is 55.8 Å². The molecule has 2 amide bonds. The van der Waals surface area contributed by atoms with E-state index in [4.69, 9.17) is 0 Å². The van der Waals surface area contributed by atoms with Crippen LogP contribution < -0.4 is 10.6 Å². The Morgan fingerprint density at radius 3 is 2.38 bits per heavy atom. The Bertz CT molecular complexity index is 654. The molecule has 0 aliphatic carbocycles. The van der Waals surface area contributed by atoms with Crippen LogP contribution in [0.15, 0.2) is 54.6 Å². The van der Waals surface area contributed by atoms with E-state index in [2.05, 4.69) is 27.7 Å². The smallest absolute Gasteiger partial charge is 0.319 e. The van der Waals surface area contributed by atoms with E-state index in [9.17, 15) is 9.18 Å². The predicted molar refractivity (Wildman–Crippen MR) is 93.4 cm³/mol. The molecule has 24 heavy (non-hydrogen) atoms. The van der Waals surface area contributed by atoms with Crippen LogP contribution in [0, 0.1) is 5.82 Å². The normalized spacial score (nSPS) is 15.9. The van der Waals surface area contributed by atoms with Crippen LogP contribution in [-0.4, -0.2) is 30.6 Å². The molecule has 1 heterocycles. The van der Waals surface area contributed by atoms with E-state index in [1.54, 1.807) is 12.1 Å². The topological polar surface area (TPSA) is 44.4 Å². The Hall–Kier alpha value is -2.40. The minimum atomic E-state index is -0.320. The summed E-state index contributed by atoms with van der Waals surface area (Å²) in [5.74, 6) is -0.320. The molecule has 1 aliphatic rings. The molecule has 0 spiro atoms. The maximum Gasteiger partial charge on any atom is 0.319 e. The highest BCUT2D eigenvalue weighted by atomic mass is 19.1. The number of carbonyl (C=O) groups is 1. The summed E-state index contributed by atoms with van der Waals surface area (Å²) < 4.78 is 12.9. The first-order valence-corrected chi connectivity index (χ1v) is 8.32. The summed E-state index contributed by atoms with van der Waals surface area (Å²) in [5, 5.41) is 5.67. The van der Waals surface area contributed by atoms with Gasteiger partial charge in [-0.3, -0.25) is 4.90 Å². The van der Waals surface area contributed by atoms with Gasteiger partial charge in [0.05, 0.1) is 6.04 Å². The van der Waals surface area contributed by atoms with Crippen molar-refractivity contribution in [3.05, 3.63) is 66.0 Å². The highest BCUT2D eigenvalue weighted by molar-refractivity contribution is 5.89. The molecule has 5 heteroatoms. The third kappa shape index (κ3) is 4.32. The minimum Gasteiger partial charge on any atom is -0.336 e. The van der Waals surface area contributed by atoms with E-state index < -0.39 is 0 Å². The number of nitrogens with zero attached hydrogens (tertiary/aromatic N) is 1. The number of likely N-dealkylation sites (tertiary alicyclic amines) is 1. The number of hydrogen-bond donors (Lipinski definition) is 2.